The summed E-state index contributed by atoms with van der Waals surface area (Å²) < 4.78 is 42.5. The van der Waals surface area contributed by atoms with Crippen LogP contribution in [0.15, 0.2) is 90.9 Å². The molecule has 0 saturated heterocycles. The van der Waals surface area contributed by atoms with Crippen LogP contribution in [0.1, 0.15) is 22.3 Å². The first-order valence-corrected chi connectivity index (χ1v) is 9.61. The Morgan fingerprint density at radius 3 is 2.83 bits per heavy atom. The van der Waals surface area contributed by atoms with Gasteiger partial charge < -0.3 is 4.57 Å². The number of nitrogens with zero attached hydrogens (tertiary/aromatic N) is 2. The van der Waals surface area contributed by atoms with Gasteiger partial charge in [-0.2, -0.15) is 17.7 Å². The highest BCUT2D eigenvalue weighted by Crippen LogP contribution is 2.29. The number of halogens is 3. The minimum atomic E-state index is -4.47. The van der Waals surface area contributed by atoms with Gasteiger partial charge >= 0.3 is 6.18 Å². The van der Waals surface area contributed by atoms with Gasteiger partial charge in [0.05, 0.1) is 16.5 Å². The maximum Gasteiger partial charge on any atom is 0.416 e. The van der Waals surface area contributed by atoms with Crippen molar-refractivity contribution in [3.8, 4) is 0 Å². The smallest absolute Gasteiger partial charge is 0.343 e. The van der Waals surface area contributed by atoms with Gasteiger partial charge in [0.2, 0.25) is 12.3 Å². The normalized spacial score (nSPS) is 14.0. The second-order valence-electron chi connectivity index (χ2n) is 7.21. The Morgan fingerprint density at radius 2 is 2.00 bits per heavy atom. The quantitative estimate of drug-likeness (QED) is 0.416. The molecule has 0 saturated carbocycles. The van der Waals surface area contributed by atoms with Gasteiger partial charge in [-0.3, -0.25) is 4.79 Å². The molecule has 0 spiro atoms. The van der Waals surface area contributed by atoms with Crippen LogP contribution < -0.4 is 4.57 Å². The van der Waals surface area contributed by atoms with E-state index in [0.29, 0.717) is 0 Å². The Balaban J connectivity index is 1.52. The molecule has 0 bridgehead atoms. The standard InChI is InChI=1S/C24H20F3N2O/c25-24(26,27)21-9-5-8-19(14-21)23(30)17-28-12-11-22-20(16-28)10-13-29(22)15-18-6-3-1-2-4-7-18/h1-3,5-14,16H,4,15,17H2/q+1. The Morgan fingerprint density at radius 1 is 1.13 bits per heavy atom. The van der Waals surface area contributed by atoms with Gasteiger partial charge in [0, 0.05) is 24.4 Å². The fourth-order valence-corrected chi connectivity index (χ4v) is 3.49. The van der Waals surface area contributed by atoms with Gasteiger partial charge in [-0.15, -0.1) is 0 Å². The molecule has 3 nitrogen and oxygen atoms in total. The minimum Gasteiger partial charge on any atom is -0.343 e. The Labute approximate surface area is 172 Å². The minimum absolute atomic E-state index is 0.0258. The molecule has 6 heteroatoms. The van der Waals surface area contributed by atoms with Crippen LogP contribution in [0, 0.1) is 0 Å². The molecule has 2 aromatic heterocycles. The largest absolute Gasteiger partial charge is 0.416 e. The van der Waals surface area contributed by atoms with Crippen molar-refractivity contribution >= 4 is 16.7 Å². The lowest BCUT2D eigenvalue weighted by atomic mass is 10.1. The predicted octanol–water partition coefficient (Wildman–Crippen LogP) is 5.27. The number of benzene rings is 1. The van der Waals surface area contributed by atoms with E-state index in [1.807, 2.05) is 36.7 Å². The molecule has 0 atom stereocenters. The van der Waals surface area contributed by atoms with E-state index >= 15 is 0 Å². The van der Waals surface area contributed by atoms with E-state index in [4.69, 9.17) is 0 Å². The van der Waals surface area contributed by atoms with E-state index in [1.165, 1.54) is 17.7 Å². The van der Waals surface area contributed by atoms with Gasteiger partial charge in [-0.25, -0.2) is 0 Å². The SMILES string of the molecule is O=C(C[n+]1ccc2c(ccn2CC2=CCC=CC=C2)c1)c1cccc(C(F)(F)F)c1. The molecule has 0 fully saturated rings. The van der Waals surface area contributed by atoms with Crippen LogP contribution in [0.25, 0.3) is 10.9 Å². The number of hydrogen-bond acceptors (Lipinski definition) is 1. The molecule has 3 aromatic rings. The van der Waals surface area contributed by atoms with Crippen molar-refractivity contribution < 1.29 is 22.5 Å². The highest BCUT2D eigenvalue weighted by Gasteiger charge is 2.31. The average molecular weight is 409 g/mol. The van der Waals surface area contributed by atoms with E-state index in [9.17, 15) is 18.0 Å². The van der Waals surface area contributed by atoms with E-state index in [2.05, 4.69) is 22.8 Å². The van der Waals surface area contributed by atoms with Crippen LogP contribution in [0.5, 0.6) is 0 Å². The monoisotopic (exact) mass is 409 g/mol. The summed E-state index contributed by atoms with van der Waals surface area (Å²) in [4.78, 5) is 12.5. The lowest BCUT2D eigenvalue weighted by molar-refractivity contribution is -0.681. The Kier molecular flexibility index (Phi) is 5.40. The summed E-state index contributed by atoms with van der Waals surface area (Å²) in [7, 11) is 0. The van der Waals surface area contributed by atoms with Gasteiger partial charge in [-0.1, -0.05) is 42.5 Å². The first-order valence-electron chi connectivity index (χ1n) is 9.61. The zero-order valence-electron chi connectivity index (χ0n) is 16.1. The fraction of sp³-hybridized carbons (Fsp3) is 0.167. The lowest BCUT2D eigenvalue weighted by Crippen LogP contribution is -2.37. The van der Waals surface area contributed by atoms with E-state index in [1.54, 1.807) is 10.8 Å². The summed E-state index contributed by atoms with van der Waals surface area (Å²) in [5.74, 6) is -0.369. The van der Waals surface area contributed by atoms with Crippen LogP contribution >= 0.6 is 0 Å². The fourth-order valence-electron chi connectivity index (χ4n) is 3.49. The number of Topliss-reactive ketones (excluding diaryl/α,β-unsaturated/α-hetero) is 1. The van der Waals surface area contributed by atoms with Crippen LogP contribution in [0.2, 0.25) is 0 Å². The number of alkyl halides is 3. The van der Waals surface area contributed by atoms with Crippen molar-refractivity contribution in [3.05, 3.63) is 102 Å². The van der Waals surface area contributed by atoms with Crippen molar-refractivity contribution in [2.75, 3.05) is 0 Å². The number of carbonyl (C=O) groups excluding carboxylic acids is 1. The summed E-state index contributed by atoms with van der Waals surface area (Å²) in [5.41, 5.74) is 1.48. The van der Waals surface area contributed by atoms with Crippen molar-refractivity contribution in [1.82, 2.24) is 4.57 Å². The zero-order valence-corrected chi connectivity index (χ0v) is 16.1. The molecule has 0 radical (unpaired) electrons. The van der Waals surface area contributed by atoms with E-state index in [-0.39, 0.29) is 17.9 Å². The summed E-state index contributed by atoms with van der Waals surface area (Å²) >= 11 is 0. The third-order valence-corrected chi connectivity index (χ3v) is 5.03. The van der Waals surface area contributed by atoms with Gasteiger partial charge in [0.1, 0.15) is 0 Å². The molecule has 0 N–H and O–H groups in total. The average Bonchev–Trinajstić information content (AvgIpc) is 2.93. The van der Waals surface area contributed by atoms with Crippen LogP contribution in [-0.4, -0.2) is 10.4 Å². The van der Waals surface area contributed by atoms with Crippen molar-refractivity contribution in [1.29, 1.82) is 0 Å². The molecule has 1 aliphatic rings. The number of carbonyl (C=O) groups is 1. The molecular formula is C24H20F3N2O+. The lowest BCUT2D eigenvalue weighted by Gasteiger charge is -2.07. The second-order valence-corrected chi connectivity index (χ2v) is 7.21. The number of allylic oxidation sites excluding steroid dienone is 6. The molecule has 0 amide bonds. The molecule has 1 aromatic carbocycles. The molecule has 30 heavy (non-hydrogen) atoms. The second kappa shape index (κ2) is 8.14. The maximum atomic E-state index is 12.9. The first-order chi connectivity index (χ1) is 14.4. The Bertz CT molecular complexity index is 1180. The Hall–Kier alpha value is -3.41. The van der Waals surface area contributed by atoms with Gasteiger partial charge in [0.15, 0.2) is 12.4 Å². The van der Waals surface area contributed by atoms with Gasteiger partial charge in [-0.05, 0) is 30.2 Å². The molecule has 0 aliphatic heterocycles. The summed E-state index contributed by atoms with van der Waals surface area (Å²) in [5, 5.41) is 0.964. The third-order valence-electron chi connectivity index (χ3n) is 5.03. The number of aromatic nitrogens is 2. The summed E-state index contributed by atoms with van der Waals surface area (Å²) in [6.07, 6.45) is 12.5. The molecule has 1 aliphatic carbocycles. The summed E-state index contributed by atoms with van der Waals surface area (Å²) in [6, 6.07) is 8.44. The number of hydrogen-bond donors (Lipinski definition) is 0. The third kappa shape index (κ3) is 4.43. The van der Waals surface area contributed by atoms with Crippen LogP contribution in [0.3, 0.4) is 0 Å². The molecular weight excluding hydrogens is 389 g/mol. The van der Waals surface area contributed by atoms with E-state index < -0.39 is 11.7 Å². The summed E-state index contributed by atoms with van der Waals surface area (Å²) in [6.45, 7) is 0.719. The topological polar surface area (TPSA) is 25.9 Å². The number of pyridine rings is 1. The molecule has 152 valence electrons. The van der Waals surface area contributed by atoms with Crippen molar-refractivity contribution in [2.24, 2.45) is 0 Å². The number of rotatable bonds is 5. The number of fused-ring (bicyclic) bond motifs is 1. The van der Waals surface area contributed by atoms with Crippen LogP contribution in [-0.2, 0) is 19.3 Å². The predicted molar refractivity (Wildman–Crippen MR) is 109 cm³/mol. The number of ketones is 1. The first kappa shape index (κ1) is 19.9. The van der Waals surface area contributed by atoms with Gasteiger partial charge in [0.25, 0.3) is 0 Å². The molecule has 2 heterocycles. The molecule has 0 unspecified atom stereocenters. The van der Waals surface area contributed by atoms with E-state index in [0.717, 1.165) is 36.0 Å². The zero-order chi connectivity index (χ0) is 21.1. The maximum absolute atomic E-state index is 12.9. The van der Waals surface area contributed by atoms with Crippen molar-refractivity contribution in [3.63, 3.8) is 0 Å². The van der Waals surface area contributed by atoms with Crippen molar-refractivity contribution in [2.45, 2.75) is 25.7 Å². The molecule has 4 rings (SSSR count). The van der Waals surface area contributed by atoms with Crippen LogP contribution in [0.4, 0.5) is 13.2 Å². The highest BCUT2D eigenvalue weighted by atomic mass is 19.4. The highest BCUT2D eigenvalue weighted by molar-refractivity contribution is 5.95.